The Morgan fingerprint density at radius 2 is 2.27 bits per heavy atom. The largest absolute Gasteiger partial charge is 0.266 e. The maximum Gasteiger partial charge on any atom is 0.250 e. The highest BCUT2D eigenvalue weighted by atomic mass is 35.5. The molecule has 1 rings (SSSR count). The summed E-state index contributed by atoms with van der Waals surface area (Å²) in [5.41, 5.74) is 0. The second-order valence-electron chi connectivity index (χ2n) is 2.64. The Kier molecular flexibility index (Phi) is 3.44. The fraction of sp³-hybridized carbons (Fsp3) is 0.286. The fourth-order valence-corrected chi connectivity index (χ4v) is 1.56. The van der Waals surface area contributed by atoms with Gasteiger partial charge in [-0.1, -0.05) is 11.6 Å². The molecule has 0 aliphatic rings. The summed E-state index contributed by atoms with van der Waals surface area (Å²) >= 11 is 5.54. The topological polar surface area (TPSA) is 95.7 Å². The van der Waals surface area contributed by atoms with E-state index in [9.17, 15) is 8.42 Å². The molecule has 1 aromatic rings. The molecule has 1 heterocycles. The Morgan fingerprint density at radius 1 is 1.60 bits per heavy atom. The van der Waals surface area contributed by atoms with Crippen molar-refractivity contribution in [2.75, 3.05) is 4.72 Å². The lowest BCUT2D eigenvalue weighted by Crippen LogP contribution is -2.24. The first kappa shape index (κ1) is 11.7. The summed E-state index contributed by atoms with van der Waals surface area (Å²) in [4.78, 5) is 7.24. The highest BCUT2D eigenvalue weighted by Gasteiger charge is 2.20. The first-order chi connectivity index (χ1) is 6.95. The summed E-state index contributed by atoms with van der Waals surface area (Å²) in [7, 11) is -3.74. The first-order valence-electron chi connectivity index (χ1n) is 3.84. The second kappa shape index (κ2) is 4.42. The van der Waals surface area contributed by atoms with Crippen LogP contribution >= 0.6 is 11.6 Å². The minimum Gasteiger partial charge on any atom is -0.266 e. The Bertz CT molecular complexity index is 496. The van der Waals surface area contributed by atoms with E-state index in [1.807, 2.05) is 0 Å². The molecule has 1 atom stereocenters. The Balaban J connectivity index is 2.93. The van der Waals surface area contributed by atoms with Gasteiger partial charge < -0.3 is 0 Å². The minimum absolute atomic E-state index is 0.0390. The van der Waals surface area contributed by atoms with E-state index in [0.717, 1.165) is 6.33 Å². The molecule has 80 valence electrons. The normalized spacial score (nSPS) is 12.9. The van der Waals surface area contributed by atoms with Crippen LogP contribution in [0.3, 0.4) is 0 Å². The molecule has 0 saturated carbocycles. The second-order valence-corrected chi connectivity index (χ2v) is 5.03. The van der Waals surface area contributed by atoms with Gasteiger partial charge in [-0.3, -0.25) is 4.72 Å². The lowest BCUT2D eigenvalue weighted by atomic mass is 10.5. The molecule has 6 nitrogen and oxygen atoms in total. The predicted octanol–water partition coefficient (Wildman–Crippen LogP) is 0.784. The molecule has 1 N–H and O–H groups in total. The van der Waals surface area contributed by atoms with Crippen LogP contribution in [0, 0.1) is 11.3 Å². The molecular formula is C7H7ClN4O2S. The van der Waals surface area contributed by atoms with Crippen molar-refractivity contribution in [1.82, 2.24) is 9.97 Å². The van der Waals surface area contributed by atoms with Crippen LogP contribution in [0.4, 0.5) is 5.82 Å². The van der Waals surface area contributed by atoms with Gasteiger partial charge in [-0.2, -0.15) is 5.26 Å². The van der Waals surface area contributed by atoms with Crippen LogP contribution < -0.4 is 4.72 Å². The van der Waals surface area contributed by atoms with Crippen LogP contribution in [0.5, 0.6) is 0 Å². The van der Waals surface area contributed by atoms with Crippen molar-refractivity contribution in [3.8, 4) is 6.07 Å². The van der Waals surface area contributed by atoms with Gasteiger partial charge in [-0.15, -0.1) is 0 Å². The van der Waals surface area contributed by atoms with Gasteiger partial charge in [-0.05, 0) is 6.92 Å². The Morgan fingerprint density at radius 3 is 2.80 bits per heavy atom. The van der Waals surface area contributed by atoms with Gasteiger partial charge >= 0.3 is 0 Å². The SMILES string of the molecule is CC(C#N)S(=O)(=O)Nc1cc(Cl)ncn1. The molecule has 0 spiro atoms. The lowest BCUT2D eigenvalue weighted by Gasteiger charge is -2.07. The van der Waals surface area contributed by atoms with Gasteiger partial charge in [0.1, 0.15) is 17.3 Å². The van der Waals surface area contributed by atoms with E-state index < -0.39 is 15.3 Å². The zero-order chi connectivity index (χ0) is 11.5. The molecular weight excluding hydrogens is 240 g/mol. The monoisotopic (exact) mass is 246 g/mol. The molecule has 0 saturated heterocycles. The summed E-state index contributed by atoms with van der Waals surface area (Å²) in [5.74, 6) is 0.0390. The highest BCUT2D eigenvalue weighted by molar-refractivity contribution is 7.93. The number of rotatable bonds is 3. The van der Waals surface area contributed by atoms with Crippen LogP contribution in [-0.4, -0.2) is 23.6 Å². The lowest BCUT2D eigenvalue weighted by molar-refractivity contribution is 0.597. The molecule has 0 fully saturated rings. The van der Waals surface area contributed by atoms with E-state index >= 15 is 0 Å². The van der Waals surface area contributed by atoms with E-state index in [-0.39, 0.29) is 11.0 Å². The van der Waals surface area contributed by atoms with E-state index in [2.05, 4.69) is 14.7 Å². The van der Waals surface area contributed by atoms with Crippen LogP contribution in [0.25, 0.3) is 0 Å². The van der Waals surface area contributed by atoms with Gasteiger partial charge in [0, 0.05) is 6.07 Å². The summed E-state index contributed by atoms with van der Waals surface area (Å²) in [6.45, 7) is 1.27. The standard InChI is InChI=1S/C7H7ClN4O2S/c1-5(3-9)15(13,14)12-7-2-6(8)10-4-11-7/h2,4-5H,1H3,(H,10,11,12). The van der Waals surface area contributed by atoms with Crippen LogP contribution in [0.2, 0.25) is 5.15 Å². The summed E-state index contributed by atoms with van der Waals surface area (Å²) < 4.78 is 24.9. The first-order valence-corrected chi connectivity index (χ1v) is 5.77. The van der Waals surface area contributed by atoms with Crippen LogP contribution in [0.1, 0.15) is 6.92 Å². The van der Waals surface area contributed by atoms with E-state index in [4.69, 9.17) is 16.9 Å². The number of nitriles is 1. The minimum atomic E-state index is -3.74. The quantitative estimate of drug-likeness (QED) is 0.796. The fourth-order valence-electron chi connectivity index (χ4n) is 0.693. The number of sulfonamides is 1. The van der Waals surface area contributed by atoms with Gasteiger partial charge in [0.25, 0.3) is 0 Å². The third-order valence-corrected chi connectivity index (χ3v) is 3.26. The van der Waals surface area contributed by atoms with Crippen molar-refractivity contribution in [2.45, 2.75) is 12.2 Å². The maximum absolute atomic E-state index is 11.4. The number of nitrogens with zero attached hydrogens (tertiary/aromatic N) is 3. The van der Waals surface area contributed by atoms with E-state index in [1.54, 1.807) is 6.07 Å². The summed E-state index contributed by atoms with van der Waals surface area (Å²) in [6.07, 6.45) is 1.12. The van der Waals surface area contributed by atoms with Crippen molar-refractivity contribution in [2.24, 2.45) is 0 Å². The number of hydrogen-bond donors (Lipinski definition) is 1. The summed E-state index contributed by atoms with van der Waals surface area (Å²) in [5, 5.41) is 7.43. The van der Waals surface area contributed by atoms with E-state index in [0.29, 0.717) is 0 Å². The molecule has 1 aromatic heterocycles. The molecule has 8 heteroatoms. The zero-order valence-corrected chi connectivity index (χ0v) is 9.25. The number of nitrogens with one attached hydrogen (secondary N) is 1. The number of hydrogen-bond acceptors (Lipinski definition) is 5. The number of aromatic nitrogens is 2. The average molecular weight is 247 g/mol. The molecule has 0 aromatic carbocycles. The Labute approximate surface area is 92.0 Å². The molecule has 0 aliphatic carbocycles. The van der Waals surface area contributed by atoms with Gasteiger partial charge in [0.05, 0.1) is 6.07 Å². The van der Waals surface area contributed by atoms with Crippen molar-refractivity contribution in [3.05, 3.63) is 17.5 Å². The average Bonchev–Trinajstić information content (AvgIpc) is 2.15. The van der Waals surface area contributed by atoms with Crippen molar-refractivity contribution in [3.63, 3.8) is 0 Å². The van der Waals surface area contributed by atoms with Gasteiger partial charge in [0.15, 0.2) is 5.25 Å². The number of halogens is 1. The maximum atomic E-state index is 11.4. The summed E-state index contributed by atoms with van der Waals surface area (Å²) in [6, 6.07) is 2.87. The third kappa shape index (κ3) is 3.04. The zero-order valence-electron chi connectivity index (χ0n) is 7.68. The molecule has 0 radical (unpaired) electrons. The van der Waals surface area contributed by atoms with E-state index in [1.165, 1.54) is 13.0 Å². The van der Waals surface area contributed by atoms with Crippen LogP contribution in [0.15, 0.2) is 12.4 Å². The molecule has 15 heavy (non-hydrogen) atoms. The van der Waals surface area contributed by atoms with Gasteiger partial charge in [0.2, 0.25) is 10.0 Å². The number of anilines is 1. The molecule has 0 bridgehead atoms. The third-order valence-electron chi connectivity index (χ3n) is 1.53. The molecule has 1 unspecified atom stereocenters. The van der Waals surface area contributed by atoms with Crippen molar-refractivity contribution >= 4 is 27.4 Å². The predicted molar refractivity (Wildman–Crippen MR) is 54.7 cm³/mol. The smallest absolute Gasteiger partial charge is 0.250 e. The van der Waals surface area contributed by atoms with Crippen molar-refractivity contribution in [1.29, 1.82) is 5.26 Å². The van der Waals surface area contributed by atoms with Gasteiger partial charge in [-0.25, -0.2) is 18.4 Å². The highest BCUT2D eigenvalue weighted by Crippen LogP contribution is 2.11. The van der Waals surface area contributed by atoms with Crippen molar-refractivity contribution < 1.29 is 8.42 Å². The molecule has 0 amide bonds. The molecule has 0 aliphatic heterocycles. The Hall–Kier alpha value is -1.39. The van der Waals surface area contributed by atoms with Crippen LogP contribution in [-0.2, 0) is 10.0 Å².